The van der Waals surface area contributed by atoms with Crippen LogP contribution in [0.4, 0.5) is 0 Å². The van der Waals surface area contributed by atoms with Gasteiger partial charge in [-0.3, -0.25) is 9.69 Å². The lowest BCUT2D eigenvalue weighted by molar-refractivity contribution is -0.131. The molecule has 3 atom stereocenters. The average molecular weight is 231 g/mol. The summed E-state index contributed by atoms with van der Waals surface area (Å²) in [5.41, 5.74) is 1.29. The van der Waals surface area contributed by atoms with Crippen LogP contribution in [0.15, 0.2) is 30.3 Å². The molecule has 0 aromatic heterocycles. The summed E-state index contributed by atoms with van der Waals surface area (Å²) in [4.78, 5) is 14.2. The van der Waals surface area contributed by atoms with Gasteiger partial charge < -0.3 is 0 Å². The van der Waals surface area contributed by atoms with Gasteiger partial charge in [0.05, 0.1) is 6.54 Å². The van der Waals surface area contributed by atoms with E-state index in [9.17, 15) is 4.79 Å². The standard InChI is InChI=1S/C15H21NO/c1-11-12(2)15(17)10-16(13(11)3)9-14-7-5-4-6-8-14/h4-8,11-13H,9-10H2,1-3H3/t11-,12-,13-/m1/s1. The van der Waals surface area contributed by atoms with Crippen LogP contribution in [0.1, 0.15) is 26.3 Å². The monoisotopic (exact) mass is 231 g/mol. The van der Waals surface area contributed by atoms with Gasteiger partial charge in [0.15, 0.2) is 0 Å². The largest absolute Gasteiger partial charge is 0.298 e. The van der Waals surface area contributed by atoms with Crippen LogP contribution in [0, 0.1) is 11.8 Å². The Morgan fingerprint density at radius 1 is 1.18 bits per heavy atom. The summed E-state index contributed by atoms with van der Waals surface area (Å²) < 4.78 is 0. The molecule has 0 amide bonds. The Balaban J connectivity index is 2.09. The first-order chi connectivity index (χ1) is 8.09. The van der Waals surface area contributed by atoms with Gasteiger partial charge in [-0.1, -0.05) is 44.2 Å². The summed E-state index contributed by atoms with van der Waals surface area (Å²) in [6.45, 7) is 7.96. The summed E-state index contributed by atoms with van der Waals surface area (Å²) >= 11 is 0. The van der Waals surface area contributed by atoms with Gasteiger partial charge >= 0.3 is 0 Å². The lowest BCUT2D eigenvalue weighted by Crippen LogP contribution is -2.50. The second-order valence-corrected chi connectivity index (χ2v) is 5.25. The minimum Gasteiger partial charge on any atom is -0.298 e. The second kappa shape index (κ2) is 5.01. The summed E-state index contributed by atoms with van der Waals surface area (Å²) in [5.74, 6) is 1.03. The fraction of sp³-hybridized carbons (Fsp3) is 0.533. The van der Waals surface area contributed by atoms with Crippen molar-refractivity contribution < 1.29 is 4.79 Å². The Labute approximate surface area is 104 Å². The molecule has 0 aliphatic carbocycles. The third-order valence-electron chi connectivity index (χ3n) is 4.22. The smallest absolute Gasteiger partial charge is 0.149 e. The summed E-state index contributed by atoms with van der Waals surface area (Å²) in [5, 5.41) is 0. The van der Waals surface area contributed by atoms with Crippen LogP contribution in [0.5, 0.6) is 0 Å². The van der Waals surface area contributed by atoms with Crippen LogP contribution in [0.3, 0.4) is 0 Å². The number of carbonyl (C=O) groups excluding carboxylic acids is 1. The zero-order chi connectivity index (χ0) is 12.4. The van der Waals surface area contributed by atoms with Gasteiger partial charge in [0.1, 0.15) is 5.78 Å². The number of rotatable bonds is 2. The van der Waals surface area contributed by atoms with Gasteiger partial charge in [-0.15, -0.1) is 0 Å². The Kier molecular flexibility index (Phi) is 3.63. The fourth-order valence-corrected chi connectivity index (χ4v) is 2.55. The molecule has 1 aromatic rings. The molecule has 1 aromatic carbocycles. The average Bonchev–Trinajstić information content (AvgIpc) is 2.35. The van der Waals surface area contributed by atoms with Crippen molar-refractivity contribution in [2.24, 2.45) is 11.8 Å². The van der Waals surface area contributed by atoms with Crippen LogP contribution >= 0.6 is 0 Å². The van der Waals surface area contributed by atoms with Crippen molar-refractivity contribution in [3.05, 3.63) is 35.9 Å². The lowest BCUT2D eigenvalue weighted by atomic mass is 9.82. The normalized spacial score (nSPS) is 30.5. The third-order valence-corrected chi connectivity index (χ3v) is 4.22. The zero-order valence-corrected chi connectivity index (χ0v) is 10.9. The second-order valence-electron chi connectivity index (χ2n) is 5.25. The summed E-state index contributed by atoms with van der Waals surface area (Å²) in [6, 6.07) is 10.9. The highest BCUT2D eigenvalue weighted by molar-refractivity contribution is 5.83. The number of ketones is 1. The molecular weight excluding hydrogens is 210 g/mol. The van der Waals surface area contributed by atoms with Crippen LogP contribution in [-0.2, 0) is 11.3 Å². The van der Waals surface area contributed by atoms with E-state index in [0.717, 1.165) is 6.54 Å². The minimum atomic E-state index is 0.206. The molecule has 0 N–H and O–H groups in total. The number of nitrogens with zero attached hydrogens (tertiary/aromatic N) is 1. The maximum atomic E-state index is 11.9. The molecule has 1 heterocycles. The molecule has 1 fully saturated rings. The van der Waals surface area contributed by atoms with Crippen molar-refractivity contribution in [3.8, 4) is 0 Å². The SMILES string of the molecule is C[C@H]1[C@@H](C)N(Cc2ccccc2)CC(=O)[C@@H]1C. The van der Waals surface area contributed by atoms with Crippen molar-refractivity contribution in [3.63, 3.8) is 0 Å². The number of hydrogen-bond donors (Lipinski definition) is 0. The highest BCUT2D eigenvalue weighted by Gasteiger charge is 2.35. The Bertz CT molecular complexity index is 387. The van der Waals surface area contributed by atoms with Crippen molar-refractivity contribution in [1.82, 2.24) is 4.90 Å². The molecule has 2 heteroatoms. The molecule has 92 valence electrons. The topological polar surface area (TPSA) is 20.3 Å². The number of likely N-dealkylation sites (tertiary alicyclic amines) is 1. The molecule has 0 spiro atoms. The quantitative estimate of drug-likeness (QED) is 0.780. The number of piperidine rings is 1. The first kappa shape index (κ1) is 12.3. The van der Waals surface area contributed by atoms with Crippen LogP contribution < -0.4 is 0 Å². The Morgan fingerprint density at radius 2 is 1.82 bits per heavy atom. The molecule has 0 bridgehead atoms. The molecule has 0 saturated carbocycles. The highest BCUT2D eigenvalue weighted by atomic mass is 16.1. The molecule has 1 saturated heterocycles. The molecule has 17 heavy (non-hydrogen) atoms. The maximum absolute atomic E-state index is 11.9. The minimum absolute atomic E-state index is 0.206. The van der Waals surface area contributed by atoms with E-state index in [0.29, 0.717) is 24.3 Å². The van der Waals surface area contributed by atoms with Gasteiger partial charge in [-0.2, -0.15) is 0 Å². The van der Waals surface area contributed by atoms with E-state index in [-0.39, 0.29) is 5.92 Å². The van der Waals surface area contributed by atoms with Crippen LogP contribution in [-0.4, -0.2) is 23.3 Å². The maximum Gasteiger partial charge on any atom is 0.149 e. The van der Waals surface area contributed by atoms with Gasteiger partial charge in [0, 0.05) is 18.5 Å². The van der Waals surface area contributed by atoms with E-state index in [4.69, 9.17) is 0 Å². The van der Waals surface area contributed by atoms with E-state index in [1.165, 1.54) is 5.56 Å². The van der Waals surface area contributed by atoms with E-state index in [1.807, 2.05) is 6.07 Å². The van der Waals surface area contributed by atoms with E-state index in [1.54, 1.807) is 0 Å². The third kappa shape index (κ3) is 2.58. The van der Waals surface area contributed by atoms with Crippen molar-refractivity contribution in [2.45, 2.75) is 33.4 Å². The molecule has 1 aliphatic rings. The number of benzene rings is 1. The van der Waals surface area contributed by atoms with Gasteiger partial charge in [-0.05, 0) is 18.4 Å². The first-order valence-electron chi connectivity index (χ1n) is 6.40. The first-order valence-corrected chi connectivity index (χ1v) is 6.40. The molecular formula is C15H21NO. The van der Waals surface area contributed by atoms with Gasteiger partial charge in [0.2, 0.25) is 0 Å². The van der Waals surface area contributed by atoms with Crippen molar-refractivity contribution in [1.29, 1.82) is 0 Å². The lowest BCUT2D eigenvalue weighted by Gasteiger charge is -2.40. The molecule has 1 aliphatic heterocycles. The Hall–Kier alpha value is -1.15. The van der Waals surface area contributed by atoms with Gasteiger partial charge in [0.25, 0.3) is 0 Å². The van der Waals surface area contributed by atoms with E-state index in [2.05, 4.69) is 49.9 Å². The van der Waals surface area contributed by atoms with Crippen LogP contribution in [0.25, 0.3) is 0 Å². The number of hydrogen-bond acceptors (Lipinski definition) is 2. The van der Waals surface area contributed by atoms with Crippen LogP contribution in [0.2, 0.25) is 0 Å². The highest BCUT2D eigenvalue weighted by Crippen LogP contribution is 2.27. The molecule has 2 rings (SSSR count). The Morgan fingerprint density at radius 3 is 2.47 bits per heavy atom. The molecule has 0 unspecified atom stereocenters. The van der Waals surface area contributed by atoms with E-state index >= 15 is 0 Å². The summed E-state index contributed by atoms with van der Waals surface area (Å²) in [7, 11) is 0. The van der Waals surface area contributed by atoms with Crippen molar-refractivity contribution >= 4 is 5.78 Å². The number of Topliss-reactive ketones (excluding diaryl/α,β-unsaturated/α-hetero) is 1. The van der Waals surface area contributed by atoms with Crippen molar-refractivity contribution in [2.75, 3.05) is 6.54 Å². The van der Waals surface area contributed by atoms with Gasteiger partial charge in [-0.25, -0.2) is 0 Å². The predicted octanol–water partition coefficient (Wildman–Crippen LogP) is 2.73. The molecule has 0 radical (unpaired) electrons. The predicted molar refractivity (Wildman–Crippen MR) is 69.6 cm³/mol. The number of carbonyl (C=O) groups is 1. The fourth-order valence-electron chi connectivity index (χ4n) is 2.55. The molecule has 2 nitrogen and oxygen atoms in total. The summed E-state index contributed by atoms with van der Waals surface area (Å²) in [6.07, 6.45) is 0. The zero-order valence-electron chi connectivity index (χ0n) is 10.9. The van der Waals surface area contributed by atoms with E-state index < -0.39 is 0 Å².